The molecule has 1 heterocycles. The molecule has 2 N–H and O–H groups in total. The number of nitrogens with one attached hydrogen (secondary N) is 1. The van der Waals surface area contributed by atoms with Crippen LogP contribution >= 0.6 is 0 Å². The van der Waals surface area contributed by atoms with Crippen LogP contribution in [0.25, 0.3) is 0 Å². The van der Waals surface area contributed by atoms with Gasteiger partial charge in [0.1, 0.15) is 0 Å². The Bertz CT molecular complexity index is 681. The highest BCUT2D eigenvalue weighted by Gasteiger charge is 2.27. The smallest absolute Gasteiger partial charge is 0.338 e. The third-order valence-corrected chi connectivity index (χ3v) is 4.61. The fourth-order valence-corrected chi connectivity index (χ4v) is 3.37. The lowest BCUT2D eigenvalue weighted by Crippen LogP contribution is -2.33. The van der Waals surface area contributed by atoms with Gasteiger partial charge in [-0.25, -0.2) is 4.79 Å². The molecule has 1 fully saturated rings. The molecular weight excluding hydrogens is 302 g/mol. The molecule has 0 unspecified atom stereocenters. The van der Waals surface area contributed by atoms with Gasteiger partial charge in [0.15, 0.2) is 0 Å². The first-order chi connectivity index (χ1) is 9.81. The Morgan fingerprint density at radius 1 is 1.33 bits per heavy atom. The Balaban J connectivity index is 2.35. The average molecular weight is 315 g/mol. The third-order valence-electron chi connectivity index (χ3n) is 3.09. The quantitative estimate of drug-likeness (QED) is 0.617. The maximum atomic E-state index is 12.1. The molecule has 0 spiro atoms. The van der Waals surface area contributed by atoms with E-state index in [0.717, 1.165) is 31.0 Å². The maximum Gasteiger partial charge on any atom is 0.338 e. The van der Waals surface area contributed by atoms with E-state index in [1.165, 1.54) is 4.31 Å². The molecule has 0 aliphatic carbocycles. The average Bonchev–Trinajstić information content (AvgIpc) is 2.92. The SMILES string of the molecule is O=C(O)c1cc([N+](=O)[O-])ccc1NS(=O)(=O)N1CCCC1. The highest BCUT2D eigenvalue weighted by molar-refractivity contribution is 7.90. The van der Waals surface area contributed by atoms with E-state index in [1.807, 2.05) is 0 Å². The standard InChI is InChI=1S/C11H13N3O6S/c15-11(16)9-7-8(14(17)18)3-4-10(9)12-21(19,20)13-5-1-2-6-13/h3-4,7,12H,1-2,5-6H2,(H,15,16). The number of rotatable bonds is 5. The molecule has 0 aromatic heterocycles. The molecule has 0 saturated carbocycles. The number of carboxylic acids is 1. The molecule has 1 saturated heterocycles. The molecule has 10 heteroatoms. The minimum atomic E-state index is -3.85. The Labute approximate surface area is 120 Å². The zero-order chi connectivity index (χ0) is 15.6. The van der Waals surface area contributed by atoms with Crippen LogP contribution in [0.15, 0.2) is 18.2 Å². The van der Waals surface area contributed by atoms with Crippen molar-refractivity contribution in [2.45, 2.75) is 12.8 Å². The molecule has 0 radical (unpaired) electrons. The zero-order valence-corrected chi connectivity index (χ0v) is 11.7. The van der Waals surface area contributed by atoms with Crippen LogP contribution in [-0.2, 0) is 10.2 Å². The van der Waals surface area contributed by atoms with Crippen LogP contribution < -0.4 is 4.72 Å². The Morgan fingerprint density at radius 2 is 1.95 bits per heavy atom. The predicted molar refractivity (Wildman–Crippen MR) is 73.4 cm³/mol. The van der Waals surface area contributed by atoms with Crippen LogP contribution in [0.2, 0.25) is 0 Å². The molecule has 21 heavy (non-hydrogen) atoms. The molecule has 114 valence electrons. The first-order valence-electron chi connectivity index (χ1n) is 6.11. The van der Waals surface area contributed by atoms with E-state index in [9.17, 15) is 23.3 Å². The summed E-state index contributed by atoms with van der Waals surface area (Å²) in [7, 11) is -3.85. The van der Waals surface area contributed by atoms with Crippen molar-refractivity contribution in [1.29, 1.82) is 0 Å². The Kier molecular flexibility index (Phi) is 4.09. The number of anilines is 1. The number of nitrogens with zero attached hydrogens (tertiary/aromatic N) is 2. The van der Waals surface area contributed by atoms with E-state index in [-0.39, 0.29) is 5.69 Å². The van der Waals surface area contributed by atoms with Gasteiger partial charge in [-0.2, -0.15) is 12.7 Å². The molecule has 9 nitrogen and oxygen atoms in total. The first kappa shape index (κ1) is 15.2. The summed E-state index contributed by atoms with van der Waals surface area (Å²) in [5.74, 6) is -1.45. The molecular formula is C11H13N3O6S. The summed E-state index contributed by atoms with van der Waals surface area (Å²) in [6.45, 7) is 0.732. The normalized spacial score (nSPS) is 15.8. The lowest BCUT2D eigenvalue weighted by Gasteiger charge is -2.17. The van der Waals surface area contributed by atoms with Crippen molar-refractivity contribution in [2.75, 3.05) is 17.8 Å². The van der Waals surface area contributed by atoms with Crippen molar-refractivity contribution in [3.8, 4) is 0 Å². The van der Waals surface area contributed by atoms with E-state index < -0.39 is 32.4 Å². The number of non-ortho nitro benzene ring substituents is 1. The molecule has 1 aliphatic heterocycles. The van der Waals surface area contributed by atoms with Gasteiger partial charge < -0.3 is 5.11 Å². The topological polar surface area (TPSA) is 130 Å². The van der Waals surface area contributed by atoms with Gasteiger partial charge in [0.2, 0.25) is 0 Å². The zero-order valence-electron chi connectivity index (χ0n) is 10.9. The summed E-state index contributed by atoms with van der Waals surface area (Å²) < 4.78 is 27.5. The van der Waals surface area contributed by atoms with E-state index in [1.54, 1.807) is 0 Å². The number of aromatic carboxylic acids is 1. The van der Waals surface area contributed by atoms with Gasteiger partial charge in [-0.15, -0.1) is 0 Å². The second kappa shape index (κ2) is 5.66. The van der Waals surface area contributed by atoms with Gasteiger partial charge in [-0.05, 0) is 18.9 Å². The van der Waals surface area contributed by atoms with E-state index >= 15 is 0 Å². The van der Waals surface area contributed by atoms with Crippen molar-refractivity contribution in [2.24, 2.45) is 0 Å². The largest absolute Gasteiger partial charge is 0.478 e. The lowest BCUT2D eigenvalue weighted by molar-refractivity contribution is -0.384. The number of carboxylic acid groups (broad SMARTS) is 1. The Hall–Kier alpha value is -2.20. The van der Waals surface area contributed by atoms with E-state index in [2.05, 4.69) is 4.72 Å². The van der Waals surface area contributed by atoms with E-state index in [4.69, 9.17) is 5.11 Å². The fourth-order valence-electron chi connectivity index (χ4n) is 2.04. The van der Waals surface area contributed by atoms with Crippen LogP contribution in [0, 0.1) is 10.1 Å². The van der Waals surface area contributed by atoms with Gasteiger partial charge in [0.25, 0.3) is 5.69 Å². The molecule has 0 bridgehead atoms. The van der Waals surface area contributed by atoms with Gasteiger partial charge in [-0.1, -0.05) is 0 Å². The summed E-state index contributed by atoms with van der Waals surface area (Å²) in [6.07, 6.45) is 1.49. The highest BCUT2D eigenvalue weighted by atomic mass is 32.2. The summed E-state index contributed by atoms with van der Waals surface area (Å²) in [6, 6.07) is 2.95. The van der Waals surface area contributed by atoms with Gasteiger partial charge in [-0.3, -0.25) is 14.8 Å². The van der Waals surface area contributed by atoms with Gasteiger partial charge in [0.05, 0.1) is 16.2 Å². The molecule has 0 amide bonds. The fraction of sp³-hybridized carbons (Fsp3) is 0.364. The van der Waals surface area contributed by atoms with E-state index in [0.29, 0.717) is 13.1 Å². The summed E-state index contributed by atoms with van der Waals surface area (Å²) >= 11 is 0. The summed E-state index contributed by atoms with van der Waals surface area (Å²) in [4.78, 5) is 21.0. The predicted octanol–water partition coefficient (Wildman–Crippen LogP) is 1.05. The Morgan fingerprint density at radius 3 is 2.48 bits per heavy atom. The van der Waals surface area contributed by atoms with Crippen LogP contribution in [0.1, 0.15) is 23.2 Å². The summed E-state index contributed by atoms with van der Waals surface area (Å²) in [5.41, 5.74) is -1.08. The van der Waals surface area contributed by atoms with Crippen molar-refractivity contribution in [1.82, 2.24) is 4.31 Å². The molecule has 1 aromatic rings. The van der Waals surface area contributed by atoms with Crippen LogP contribution in [0.4, 0.5) is 11.4 Å². The number of nitro benzene ring substituents is 1. The molecule has 1 aromatic carbocycles. The van der Waals surface area contributed by atoms with Crippen LogP contribution in [-0.4, -0.2) is 41.8 Å². The number of hydrogen-bond donors (Lipinski definition) is 2. The number of benzene rings is 1. The first-order valence-corrected chi connectivity index (χ1v) is 7.55. The van der Waals surface area contributed by atoms with Crippen LogP contribution in [0.3, 0.4) is 0 Å². The summed E-state index contributed by atoms with van der Waals surface area (Å²) in [5, 5.41) is 19.7. The van der Waals surface area contributed by atoms with Crippen molar-refractivity contribution in [3.63, 3.8) is 0 Å². The molecule has 1 aliphatic rings. The number of carbonyl (C=O) groups is 1. The monoisotopic (exact) mass is 315 g/mol. The minimum absolute atomic E-state index is 0.194. The van der Waals surface area contributed by atoms with Crippen molar-refractivity contribution >= 4 is 27.6 Å². The second-order valence-electron chi connectivity index (χ2n) is 4.51. The van der Waals surface area contributed by atoms with Gasteiger partial charge in [0, 0.05) is 25.2 Å². The van der Waals surface area contributed by atoms with Crippen molar-refractivity contribution in [3.05, 3.63) is 33.9 Å². The minimum Gasteiger partial charge on any atom is -0.478 e. The van der Waals surface area contributed by atoms with Gasteiger partial charge >= 0.3 is 16.2 Å². The highest BCUT2D eigenvalue weighted by Crippen LogP contribution is 2.24. The van der Waals surface area contributed by atoms with Crippen molar-refractivity contribution < 1.29 is 23.2 Å². The second-order valence-corrected chi connectivity index (χ2v) is 6.18. The maximum absolute atomic E-state index is 12.1. The number of nitro groups is 1. The third kappa shape index (κ3) is 3.28. The lowest BCUT2D eigenvalue weighted by atomic mass is 10.1. The number of hydrogen-bond acceptors (Lipinski definition) is 5. The molecule has 0 atom stereocenters. The molecule has 2 rings (SSSR count). The van der Waals surface area contributed by atoms with Crippen LogP contribution in [0.5, 0.6) is 0 Å².